The number of methoxy groups -OCH3 is 1. The van der Waals surface area contributed by atoms with Crippen molar-refractivity contribution in [3.63, 3.8) is 0 Å². The molecule has 0 spiro atoms. The number of carbonyl (C=O) groups is 1. The van der Waals surface area contributed by atoms with Crippen molar-refractivity contribution in [1.29, 1.82) is 0 Å². The number of nitrogens with one attached hydrogen (secondary N) is 1. The van der Waals surface area contributed by atoms with Crippen molar-refractivity contribution in [2.75, 3.05) is 31.2 Å². The standard InChI is InChI=1S/C25H27F3N6O2/c1-13(17-9-18(25(26,27)28)11-19(29)10-17)30-22-21-12-20(16-5-7-34(8-6-16)15(3)35)24(36-4)33-23(21)32-14(2)31-22/h5,9-13H,6-8,29H2,1-4H3,(H,30,31,32,33)/t13-/m1/s1. The number of fused-ring (bicyclic) bond motifs is 1. The number of rotatable bonds is 5. The summed E-state index contributed by atoms with van der Waals surface area (Å²) in [5.41, 5.74) is 7.45. The van der Waals surface area contributed by atoms with Gasteiger partial charge in [0.1, 0.15) is 11.6 Å². The van der Waals surface area contributed by atoms with Gasteiger partial charge in [0.15, 0.2) is 5.65 Å². The maximum Gasteiger partial charge on any atom is 0.416 e. The van der Waals surface area contributed by atoms with Crippen LogP contribution < -0.4 is 15.8 Å². The zero-order valence-corrected chi connectivity index (χ0v) is 20.4. The van der Waals surface area contributed by atoms with Crippen molar-refractivity contribution >= 4 is 34.0 Å². The molecule has 36 heavy (non-hydrogen) atoms. The van der Waals surface area contributed by atoms with Gasteiger partial charge in [-0.3, -0.25) is 4.79 Å². The number of alkyl halides is 3. The second kappa shape index (κ2) is 9.63. The second-order valence-electron chi connectivity index (χ2n) is 8.73. The van der Waals surface area contributed by atoms with Gasteiger partial charge < -0.3 is 20.7 Å². The number of ether oxygens (including phenoxy) is 1. The molecule has 3 heterocycles. The van der Waals surface area contributed by atoms with Crippen LogP contribution in [0.2, 0.25) is 0 Å². The molecular formula is C25H27F3N6O2. The van der Waals surface area contributed by atoms with Crippen LogP contribution in [0, 0.1) is 6.92 Å². The van der Waals surface area contributed by atoms with Crippen molar-refractivity contribution in [3.05, 3.63) is 52.9 Å². The molecule has 0 fully saturated rings. The molecule has 0 bridgehead atoms. The lowest BCUT2D eigenvalue weighted by molar-refractivity contribution is -0.137. The van der Waals surface area contributed by atoms with Gasteiger partial charge in [-0.2, -0.15) is 18.2 Å². The molecule has 8 nitrogen and oxygen atoms in total. The van der Waals surface area contributed by atoms with Crippen molar-refractivity contribution in [2.24, 2.45) is 0 Å². The molecule has 1 aromatic carbocycles. The molecule has 0 saturated heterocycles. The molecule has 1 aliphatic heterocycles. The Morgan fingerprint density at radius 1 is 1.19 bits per heavy atom. The summed E-state index contributed by atoms with van der Waals surface area (Å²) in [6, 6.07) is 4.81. The van der Waals surface area contributed by atoms with Gasteiger partial charge in [0.2, 0.25) is 11.8 Å². The minimum atomic E-state index is -4.51. The van der Waals surface area contributed by atoms with E-state index in [1.54, 1.807) is 18.7 Å². The highest BCUT2D eigenvalue weighted by molar-refractivity contribution is 5.91. The van der Waals surface area contributed by atoms with E-state index < -0.39 is 17.8 Å². The van der Waals surface area contributed by atoms with Crippen LogP contribution >= 0.6 is 0 Å². The SMILES string of the molecule is COc1nc2nc(C)nc(N[C@H](C)c3cc(N)cc(C(F)(F)F)c3)c2cc1C1=CCN(C(C)=O)CC1. The number of nitrogen functional groups attached to an aromatic ring is 1. The number of pyridine rings is 1. The van der Waals surface area contributed by atoms with Crippen molar-refractivity contribution < 1.29 is 22.7 Å². The number of aromatic nitrogens is 3. The van der Waals surface area contributed by atoms with E-state index in [-0.39, 0.29) is 11.6 Å². The van der Waals surface area contributed by atoms with E-state index in [2.05, 4.69) is 20.3 Å². The first-order valence-electron chi connectivity index (χ1n) is 11.4. The summed E-state index contributed by atoms with van der Waals surface area (Å²) in [5.74, 6) is 1.28. The van der Waals surface area contributed by atoms with Crippen LogP contribution in [0.1, 0.15) is 48.8 Å². The summed E-state index contributed by atoms with van der Waals surface area (Å²) < 4.78 is 45.5. The first-order valence-corrected chi connectivity index (χ1v) is 11.4. The Kier molecular flexibility index (Phi) is 6.75. The summed E-state index contributed by atoms with van der Waals surface area (Å²) in [6.07, 6.45) is -1.92. The lowest BCUT2D eigenvalue weighted by Crippen LogP contribution is -2.32. The first-order chi connectivity index (χ1) is 17.0. The molecular weight excluding hydrogens is 473 g/mol. The van der Waals surface area contributed by atoms with Gasteiger partial charge in [0.25, 0.3) is 0 Å². The molecule has 1 atom stereocenters. The van der Waals surface area contributed by atoms with Gasteiger partial charge >= 0.3 is 6.18 Å². The number of anilines is 2. The quantitative estimate of drug-likeness (QED) is 0.487. The largest absolute Gasteiger partial charge is 0.481 e. The molecule has 1 amide bonds. The van der Waals surface area contributed by atoms with E-state index in [9.17, 15) is 18.0 Å². The van der Waals surface area contributed by atoms with E-state index >= 15 is 0 Å². The highest BCUT2D eigenvalue weighted by Gasteiger charge is 2.31. The Morgan fingerprint density at radius 2 is 1.94 bits per heavy atom. The minimum Gasteiger partial charge on any atom is -0.481 e. The van der Waals surface area contributed by atoms with E-state index in [0.717, 1.165) is 23.3 Å². The summed E-state index contributed by atoms with van der Waals surface area (Å²) in [4.78, 5) is 27.0. The Morgan fingerprint density at radius 3 is 2.56 bits per heavy atom. The fourth-order valence-corrected chi connectivity index (χ4v) is 4.22. The molecule has 0 saturated carbocycles. The van der Waals surface area contributed by atoms with E-state index in [1.165, 1.54) is 20.1 Å². The number of nitrogens with two attached hydrogens (primary N) is 1. The van der Waals surface area contributed by atoms with Gasteiger partial charge in [-0.1, -0.05) is 6.08 Å². The number of nitrogens with zero attached hydrogens (tertiary/aromatic N) is 4. The zero-order valence-electron chi connectivity index (χ0n) is 20.4. The van der Waals surface area contributed by atoms with E-state index in [1.807, 2.05) is 12.1 Å². The van der Waals surface area contributed by atoms with Gasteiger partial charge in [-0.15, -0.1) is 0 Å². The van der Waals surface area contributed by atoms with Crippen molar-refractivity contribution in [1.82, 2.24) is 19.9 Å². The van der Waals surface area contributed by atoms with Crippen LogP contribution in [0.5, 0.6) is 5.88 Å². The molecule has 0 radical (unpaired) electrons. The second-order valence-corrected chi connectivity index (χ2v) is 8.73. The van der Waals surface area contributed by atoms with E-state index in [4.69, 9.17) is 10.5 Å². The smallest absolute Gasteiger partial charge is 0.416 e. The highest BCUT2D eigenvalue weighted by atomic mass is 19.4. The van der Waals surface area contributed by atoms with Gasteiger partial charge in [-0.05, 0) is 55.7 Å². The molecule has 1 aliphatic rings. The fourth-order valence-electron chi connectivity index (χ4n) is 4.22. The number of hydrogen-bond donors (Lipinski definition) is 2. The van der Waals surface area contributed by atoms with E-state index in [0.29, 0.717) is 53.6 Å². The Labute approximate surface area is 206 Å². The predicted octanol–water partition coefficient (Wildman–Crippen LogP) is 4.75. The van der Waals surface area contributed by atoms with Crippen LogP contribution in [-0.2, 0) is 11.0 Å². The average Bonchev–Trinajstić information content (AvgIpc) is 2.82. The van der Waals surface area contributed by atoms with Crippen LogP contribution in [-0.4, -0.2) is 46.0 Å². The minimum absolute atomic E-state index is 0.00785. The molecule has 190 valence electrons. The molecule has 2 aromatic heterocycles. The normalized spacial score (nSPS) is 15.0. The van der Waals surface area contributed by atoms with Gasteiger partial charge in [-0.25, -0.2) is 9.97 Å². The fraction of sp³-hybridized carbons (Fsp3) is 0.360. The van der Waals surface area contributed by atoms with Gasteiger partial charge in [0, 0.05) is 31.3 Å². The highest BCUT2D eigenvalue weighted by Crippen LogP contribution is 2.36. The maximum absolute atomic E-state index is 13.3. The summed E-state index contributed by atoms with van der Waals surface area (Å²) >= 11 is 0. The van der Waals surface area contributed by atoms with Gasteiger partial charge in [0.05, 0.1) is 24.1 Å². The molecule has 11 heteroatoms. The third kappa shape index (κ3) is 5.19. The van der Waals surface area contributed by atoms with Crippen LogP contribution in [0.4, 0.5) is 24.7 Å². The Balaban J connectivity index is 1.75. The Hall–Kier alpha value is -3.89. The molecule has 4 rings (SSSR count). The topological polar surface area (TPSA) is 106 Å². The Bertz CT molecular complexity index is 1360. The number of benzene rings is 1. The first kappa shape index (κ1) is 25.2. The lowest BCUT2D eigenvalue weighted by atomic mass is 9.99. The van der Waals surface area contributed by atoms with Crippen molar-refractivity contribution in [2.45, 2.75) is 39.4 Å². The lowest BCUT2D eigenvalue weighted by Gasteiger charge is -2.26. The average molecular weight is 501 g/mol. The molecule has 0 unspecified atom stereocenters. The number of halogens is 3. The summed E-state index contributed by atoms with van der Waals surface area (Å²) in [7, 11) is 1.52. The van der Waals surface area contributed by atoms with Crippen LogP contribution in [0.25, 0.3) is 16.6 Å². The summed E-state index contributed by atoms with van der Waals surface area (Å²) in [6.45, 7) is 6.03. The molecule has 0 aliphatic carbocycles. The van der Waals surface area contributed by atoms with Crippen LogP contribution in [0.3, 0.4) is 0 Å². The summed E-state index contributed by atoms with van der Waals surface area (Å²) in [5, 5.41) is 3.81. The molecule has 3 N–H and O–H groups in total. The van der Waals surface area contributed by atoms with Crippen molar-refractivity contribution in [3.8, 4) is 5.88 Å². The number of amides is 1. The zero-order chi connectivity index (χ0) is 26.2. The number of carbonyl (C=O) groups excluding carboxylic acids is 1. The third-order valence-corrected chi connectivity index (χ3v) is 6.12. The monoisotopic (exact) mass is 500 g/mol. The van der Waals surface area contributed by atoms with Crippen LogP contribution in [0.15, 0.2) is 30.3 Å². The predicted molar refractivity (Wildman–Crippen MR) is 131 cm³/mol. The number of hydrogen-bond acceptors (Lipinski definition) is 7. The third-order valence-electron chi connectivity index (χ3n) is 6.12. The molecule has 3 aromatic rings. The number of aryl methyl sites for hydroxylation is 1. The maximum atomic E-state index is 13.3.